The van der Waals surface area contributed by atoms with Crippen LogP contribution in [0.5, 0.6) is 0 Å². The van der Waals surface area contributed by atoms with Gasteiger partial charge in [-0.05, 0) is 30.8 Å². The number of hydrogen-bond donors (Lipinski definition) is 3. The van der Waals surface area contributed by atoms with Gasteiger partial charge in [0.25, 0.3) is 0 Å². The highest BCUT2D eigenvalue weighted by molar-refractivity contribution is 7.99. The topological polar surface area (TPSA) is 78.4 Å². The minimum Gasteiger partial charge on any atom is -0.480 e. The fourth-order valence-corrected chi connectivity index (χ4v) is 2.67. The smallest absolute Gasteiger partial charge is 0.326 e. The molecule has 0 aromatic carbocycles. The quantitative estimate of drug-likeness (QED) is 0.692. The maximum absolute atomic E-state index is 11.5. The lowest BCUT2D eigenvalue weighted by molar-refractivity contribution is -0.139. The van der Waals surface area contributed by atoms with Crippen LogP contribution >= 0.6 is 11.8 Å². The summed E-state index contributed by atoms with van der Waals surface area (Å²) in [5, 5.41) is 14.1. The Bertz CT molecular complexity index is 254. The molecule has 2 amide bonds. The lowest BCUT2D eigenvalue weighted by Gasteiger charge is -2.23. The third kappa shape index (κ3) is 4.30. The molecule has 3 N–H and O–H groups in total. The van der Waals surface area contributed by atoms with E-state index >= 15 is 0 Å². The largest absolute Gasteiger partial charge is 0.480 e. The van der Waals surface area contributed by atoms with Crippen LogP contribution in [0.15, 0.2) is 0 Å². The second-order valence-corrected chi connectivity index (χ2v) is 5.03. The van der Waals surface area contributed by atoms with Crippen molar-refractivity contribution < 1.29 is 14.7 Å². The predicted molar refractivity (Wildman–Crippen MR) is 63.7 cm³/mol. The first-order chi connectivity index (χ1) is 7.63. The minimum atomic E-state index is -0.989. The molecule has 0 radical (unpaired) electrons. The normalized spacial score (nSPS) is 18.8. The summed E-state index contributed by atoms with van der Waals surface area (Å²) in [6.45, 7) is 1.73. The third-order valence-corrected chi connectivity index (χ3v) is 3.62. The van der Waals surface area contributed by atoms with Gasteiger partial charge in [-0.2, -0.15) is 11.8 Å². The van der Waals surface area contributed by atoms with Crippen molar-refractivity contribution in [1.29, 1.82) is 0 Å². The number of aliphatic carboxylic acids is 1. The lowest BCUT2D eigenvalue weighted by Crippen LogP contribution is -2.49. The average Bonchev–Trinajstić information content (AvgIpc) is 2.27. The number of carbonyl (C=O) groups is 2. The van der Waals surface area contributed by atoms with Crippen molar-refractivity contribution in [3.05, 3.63) is 0 Å². The van der Waals surface area contributed by atoms with Gasteiger partial charge in [0.1, 0.15) is 6.04 Å². The molecule has 1 aliphatic rings. The van der Waals surface area contributed by atoms with Gasteiger partial charge in [-0.1, -0.05) is 6.92 Å². The van der Waals surface area contributed by atoms with E-state index in [2.05, 4.69) is 10.6 Å². The summed E-state index contributed by atoms with van der Waals surface area (Å²) in [7, 11) is 0. The van der Waals surface area contributed by atoms with Crippen molar-refractivity contribution in [3.63, 3.8) is 0 Å². The molecule has 0 aromatic heterocycles. The zero-order valence-corrected chi connectivity index (χ0v) is 10.2. The molecule has 16 heavy (non-hydrogen) atoms. The molecule has 1 aliphatic heterocycles. The van der Waals surface area contributed by atoms with Crippen LogP contribution in [-0.2, 0) is 4.79 Å². The summed E-state index contributed by atoms with van der Waals surface area (Å²) in [5.41, 5.74) is 0. The Morgan fingerprint density at radius 2 is 2.06 bits per heavy atom. The Labute approximate surface area is 99.4 Å². The second-order valence-electron chi connectivity index (χ2n) is 3.80. The summed E-state index contributed by atoms with van der Waals surface area (Å²) < 4.78 is 0. The van der Waals surface area contributed by atoms with Crippen LogP contribution in [0.25, 0.3) is 0 Å². The summed E-state index contributed by atoms with van der Waals surface area (Å²) in [4.78, 5) is 22.2. The standard InChI is InChI=1S/C10H18N2O3S/c1-2-8(9(13)14)12-10(15)11-7-3-5-16-6-4-7/h7-8H,2-6H2,1H3,(H,13,14)(H2,11,12,15). The number of rotatable bonds is 4. The molecular weight excluding hydrogens is 228 g/mol. The van der Waals surface area contributed by atoms with Crippen LogP contribution in [0, 0.1) is 0 Å². The Balaban J connectivity index is 2.31. The van der Waals surface area contributed by atoms with E-state index in [-0.39, 0.29) is 12.1 Å². The number of hydrogen-bond acceptors (Lipinski definition) is 3. The monoisotopic (exact) mass is 246 g/mol. The molecule has 5 nitrogen and oxygen atoms in total. The number of amides is 2. The maximum Gasteiger partial charge on any atom is 0.326 e. The molecule has 0 aromatic rings. The lowest BCUT2D eigenvalue weighted by atomic mass is 10.1. The van der Waals surface area contributed by atoms with Crippen LogP contribution in [0.1, 0.15) is 26.2 Å². The van der Waals surface area contributed by atoms with Gasteiger partial charge < -0.3 is 15.7 Å². The molecule has 1 saturated heterocycles. The molecule has 1 atom stereocenters. The number of thioether (sulfide) groups is 1. The molecule has 0 spiro atoms. The van der Waals surface area contributed by atoms with Gasteiger partial charge in [-0.3, -0.25) is 0 Å². The van der Waals surface area contributed by atoms with Crippen LogP contribution in [-0.4, -0.2) is 40.7 Å². The van der Waals surface area contributed by atoms with Crippen LogP contribution in [0.4, 0.5) is 4.79 Å². The Kier molecular flexibility index (Phi) is 5.45. The van der Waals surface area contributed by atoms with Crippen LogP contribution in [0.2, 0.25) is 0 Å². The summed E-state index contributed by atoms with van der Waals surface area (Å²) in [6.07, 6.45) is 2.31. The number of carbonyl (C=O) groups excluding carboxylic acids is 1. The van der Waals surface area contributed by atoms with Gasteiger partial charge in [0.05, 0.1) is 0 Å². The van der Waals surface area contributed by atoms with Crippen molar-refractivity contribution in [2.45, 2.75) is 38.3 Å². The highest BCUT2D eigenvalue weighted by atomic mass is 32.2. The molecular formula is C10H18N2O3S. The fraction of sp³-hybridized carbons (Fsp3) is 0.800. The van der Waals surface area contributed by atoms with Gasteiger partial charge in [-0.25, -0.2) is 9.59 Å². The summed E-state index contributed by atoms with van der Waals surface area (Å²) in [5.74, 6) is 1.12. The molecule has 0 saturated carbocycles. The van der Waals surface area contributed by atoms with Crippen LogP contribution in [0.3, 0.4) is 0 Å². The number of urea groups is 1. The summed E-state index contributed by atoms with van der Waals surface area (Å²) in [6, 6.07) is -0.975. The molecule has 92 valence electrons. The Morgan fingerprint density at radius 1 is 1.44 bits per heavy atom. The molecule has 1 rings (SSSR count). The zero-order valence-electron chi connectivity index (χ0n) is 9.36. The minimum absolute atomic E-state index is 0.188. The average molecular weight is 246 g/mol. The van der Waals surface area contributed by atoms with E-state index in [4.69, 9.17) is 5.11 Å². The first-order valence-corrected chi connectivity index (χ1v) is 6.66. The van der Waals surface area contributed by atoms with E-state index < -0.39 is 12.0 Å². The Morgan fingerprint density at radius 3 is 2.56 bits per heavy atom. The SMILES string of the molecule is CCC(NC(=O)NC1CCSCC1)C(=O)O. The highest BCUT2D eigenvalue weighted by Crippen LogP contribution is 2.16. The van der Waals surface area contributed by atoms with Gasteiger partial charge >= 0.3 is 12.0 Å². The second kappa shape index (κ2) is 6.62. The summed E-state index contributed by atoms with van der Waals surface area (Å²) >= 11 is 1.88. The molecule has 0 bridgehead atoms. The zero-order chi connectivity index (χ0) is 12.0. The molecule has 1 unspecified atom stereocenters. The third-order valence-electron chi connectivity index (χ3n) is 2.57. The molecule has 0 aliphatic carbocycles. The molecule has 1 heterocycles. The predicted octanol–water partition coefficient (Wildman–Crippen LogP) is 1.04. The molecule has 1 fully saturated rings. The fourth-order valence-electron chi connectivity index (χ4n) is 1.57. The first kappa shape index (κ1) is 13.2. The van der Waals surface area contributed by atoms with Gasteiger partial charge in [0, 0.05) is 6.04 Å². The van der Waals surface area contributed by atoms with E-state index in [1.54, 1.807) is 6.92 Å². The van der Waals surface area contributed by atoms with Crippen molar-refractivity contribution in [3.8, 4) is 0 Å². The van der Waals surface area contributed by atoms with Crippen molar-refractivity contribution in [2.24, 2.45) is 0 Å². The maximum atomic E-state index is 11.5. The van der Waals surface area contributed by atoms with E-state index in [0.29, 0.717) is 6.42 Å². The van der Waals surface area contributed by atoms with Gasteiger partial charge in [0.15, 0.2) is 0 Å². The van der Waals surface area contributed by atoms with E-state index in [1.807, 2.05) is 11.8 Å². The van der Waals surface area contributed by atoms with Crippen molar-refractivity contribution in [2.75, 3.05) is 11.5 Å². The Hall–Kier alpha value is -0.910. The van der Waals surface area contributed by atoms with E-state index in [9.17, 15) is 9.59 Å². The van der Waals surface area contributed by atoms with Gasteiger partial charge in [-0.15, -0.1) is 0 Å². The number of carboxylic acids is 1. The highest BCUT2D eigenvalue weighted by Gasteiger charge is 2.20. The van der Waals surface area contributed by atoms with Gasteiger partial charge in [0.2, 0.25) is 0 Å². The van der Waals surface area contributed by atoms with Crippen LogP contribution < -0.4 is 10.6 Å². The number of nitrogens with one attached hydrogen (secondary N) is 2. The van der Waals surface area contributed by atoms with E-state index in [1.165, 1.54) is 0 Å². The van der Waals surface area contributed by atoms with Crippen molar-refractivity contribution in [1.82, 2.24) is 10.6 Å². The van der Waals surface area contributed by atoms with E-state index in [0.717, 1.165) is 24.3 Å². The first-order valence-electron chi connectivity index (χ1n) is 5.51. The van der Waals surface area contributed by atoms with Crippen molar-refractivity contribution >= 4 is 23.8 Å². The number of carboxylic acid groups (broad SMARTS) is 1. The molecule has 6 heteroatoms.